The van der Waals surface area contributed by atoms with Crippen molar-refractivity contribution in [3.05, 3.63) is 29.3 Å². The normalized spacial score (nSPS) is 28.2. The molecule has 3 nitrogen and oxygen atoms in total. The number of hydrogen-bond donors (Lipinski definition) is 2. The van der Waals surface area contributed by atoms with E-state index in [1.165, 1.54) is 29.7 Å². The molecule has 0 aliphatic carbocycles. The highest BCUT2D eigenvalue weighted by molar-refractivity contribution is 5.58. The molecule has 3 rings (SSSR count). The van der Waals surface area contributed by atoms with Gasteiger partial charge in [-0.2, -0.15) is 0 Å². The number of anilines is 1. The molecule has 1 saturated heterocycles. The summed E-state index contributed by atoms with van der Waals surface area (Å²) in [5, 5.41) is 13.3. The highest BCUT2D eigenvalue weighted by Crippen LogP contribution is 2.30. The fourth-order valence-corrected chi connectivity index (χ4v) is 3.07. The number of nitrogens with zero attached hydrogens (tertiary/aromatic N) is 1. The van der Waals surface area contributed by atoms with Crippen molar-refractivity contribution in [2.45, 2.75) is 31.9 Å². The van der Waals surface area contributed by atoms with E-state index in [0.717, 1.165) is 19.6 Å². The molecule has 0 unspecified atom stereocenters. The molecule has 1 aromatic carbocycles. The van der Waals surface area contributed by atoms with Crippen molar-refractivity contribution in [1.82, 2.24) is 5.32 Å². The Kier molecular flexibility index (Phi) is 2.81. The number of benzene rings is 1. The molecule has 0 bridgehead atoms. The maximum Gasteiger partial charge on any atom is 0.0879 e. The number of rotatable bonds is 1. The van der Waals surface area contributed by atoms with E-state index in [0.29, 0.717) is 0 Å². The van der Waals surface area contributed by atoms with Crippen molar-refractivity contribution in [2.75, 3.05) is 24.5 Å². The second-order valence-corrected chi connectivity index (χ2v) is 5.22. The minimum Gasteiger partial charge on any atom is -0.390 e. The molecule has 0 amide bonds. The monoisotopic (exact) mass is 232 g/mol. The molecule has 1 aromatic rings. The van der Waals surface area contributed by atoms with Crippen LogP contribution in [0.3, 0.4) is 0 Å². The second kappa shape index (κ2) is 4.31. The van der Waals surface area contributed by atoms with Gasteiger partial charge in [0.25, 0.3) is 0 Å². The van der Waals surface area contributed by atoms with Crippen LogP contribution in [-0.2, 0) is 6.42 Å². The highest BCUT2D eigenvalue weighted by atomic mass is 16.3. The lowest BCUT2D eigenvalue weighted by Crippen LogP contribution is -2.45. The molecule has 92 valence electrons. The predicted octanol–water partition coefficient (Wildman–Crippen LogP) is 1.08. The standard InChI is InChI=1S/C14H20N2O/c1-10-4-5-12-11(7-10)3-2-6-16(12)13-8-15-9-14(13)17/h4-5,7,13-15,17H,2-3,6,8-9H2,1H3/t13-,14-/m0/s1. The Labute approximate surface area is 102 Å². The van der Waals surface area contributed by atoms with Gasteiger partial charge >= 0.3 is 0 Å². The lowest BCUT2D eigenvalue weighted by molar-refractivity contribution is 0.174. The fraction of sp³-hybridized carbons (Fsp3) is 0.571. The quantitative estimate of drug-likeness (QED) is 0.760. The summed E-state index contributed by atoms with van der Waals surface area (Å²) in [6, 6.07) is 6.92. The Balaban J connectivity index is 1.93. The number of fused-ring (bicyclic) bond motifs is 1. The molecule has 2 atom stereocenters. The third-order valence-electron chi connectivity index (χ3n) is 3.94. The zero-order valence-electron chi connectivity index (χ0n) is 10.3. The van der Waals surface area contributed by atoms with E-state index in [9.17, 15) is 5.11 Å². The molecule has 0 spiro atoms. The molecule has 2 heterocycles. The second-order valence-electron chi connectivity index (χ2n) is 5.22. The van der Waals surface area contributed by atoms with E-state index < -0.39 is 0 Å². The van der Waals surface area contributed by atoms with Gasteiger partial charge in [0.05, 0.1) is 12.1 Å². The van der Waals surface area contributed by atoms with E-state index in [1.807, 2.05) is 0 Å². The fourth-order valence-electron chi connectivity index (χ4n) is 3.07. The Bertz CT molecular complexity index is 419. The van der Waals surface area contributed by atoms with Gasteiger partial charge in [0.2, 0.25) is 0 Å². The molecule has 0 saturated carbocycles. The predicted molar refractivity (Wildman–Crippen MR) is 69.5 cm³/mol. The average Bonchev–Trinajstić information content (AvgIpc) is 2.74. The lowest BCUT2D eigenvalue weighted by atomic mass is 9.97. The van der Waals surface area contributed by atoms with Crippen LogP contribution in [0.5, 0.6) is 0 Å². The van der Waals surface area contributed by atoms with E-state index in [-0.39, 0.29) is 12.1 Å². The first-order chi connectivity index (χ1) is 8.25. The van der Waals surface area contributed by atoms with Crippen LogP contribution in [0, 0.1) is 6.92 Å². The molecule has 0 radical (unpaired) electrons. The maximum absolute atomic E-state index is 10.0. The minimum absolute atomic E-state index is 0.234. The zero-order valence-corrected chi connectivity index (χ0v) is 10.3. The first-order valence-electron chi connectivity index (χ1n) is 6.50. The smallest absolute Gasteiger partial charge is 0.0879 e. The van der Waals surface area contributed by atoms with Crippen LogP contribution in [0.2, 0.25) is 0 Å². The van der Waals surface area contributed by atoms with Gasteiger partial charge in [0.15, 0.2) is 0 Å². The number of hydrogen-bond acceptors (Lipinski definition) is 3. The molecule has 3 heteroatoms. The van der Waals surface area contributed by atoms with Crippen LogP contribution in [0.25, 0.3) is 0 Å². The summed E-state index contributed by atoms with van der Waals surface area (Å²) < 4.78 is 0. The highest BCUT2D eigenvalue weighted by Gasteiger charge is 2.32. The summed E-state index contributed by atoms with van der Waals surface area (Å²) in [5.74, 6) is 0. The summed E-state index contributed by atoms with van der Waals surface area (Å²) in [7, 11) is 0. The van der Waals surface area contributed by atoms with Crippen molar-refractivity contribution in [3.63, 3.8) is 0 Å². The van der Waals surface area contributed by atoms with Crippen LogP contribution in [-0.4, -0.2) is 36.9 Å². The lowest BCUT2D eigenvalue weighted by Gasteiger charge is -2.37. The first-order valence-corrected chi connectivity index (χ1v) is 6.50. The van der Waals surface area contributed by atoms with Gasteiger partial charge in [-0.15, -0.1) is 0 Å². The average molecular weight is 232 g/mol. The molecule has 1 fully saturated rings. The summed E-state index contributed by atoms with van der Waals surface area (Å²) in [5.41, 5.74) is 4.10. The number of β-amino-alcohol motifs (C(OH)–C–C–N with tert-alkyl or cyclic N) is 1. The SMILES string of the molecule is Cc1ccc2c(c1)CCCN2[C@H]1CNC[C@@H]1O. The number of aryl methyl sites for hydroxylation is 2. The first kappa shape index (κ1) is 11.1. The summed E-state index contributed by atoms with van der Waals surface area (Å²) in [4.78, 5) is 2.39. The largest absolute Gasteiger partial charge is 0.390 e. The topological polar surface area (TPSA) is 35.5 Å². The van der Waals surface area contributed by atoms with Crippen molar-refractivity contribution >= 4 is 5.69 Å². The molecular formula is C14H20N2O. The minimum atomic E-state index is -0.234. The van der Waals surface area contributed by atoms with Gasteiger partial charge in [-0.1, -0.05) is 17.7 Å². The molecule has 17 heavy (non-hydrogen) atoms. The van der Waals surface area contributed by atoms with Crippen LogP contribution >= 0.6 is 0 Å². The van der Waals surface area contributed by atoms with Crippen molar-refractivity contribution in [1.29, 1.82) is 0 Å². The van der Waals surface area contributed by atoms with Gasteiger partial charge in [0.1, 0.15) is 0 Å². The van der Waals surface area contributed by atoms with E-state index in [2.05, 4.69) is 35.3 Å². The zero-order chi connectivity index (χ0) is 11.8. The molecule has 2 aliphatic heterocycles. The van der Waals surface area contributed by atoms with Crippen molar-refractivity contribution < 1.29 is 5.11 Å². The van der Waals surface area contributed by atoms with Crippen LogP contribution in [0.4, 0.5) is 5.69 Å². The van der Waals surface area contributed by atoms with E-state index in [1.54, 1.807) is 0 Å². The summed E-state index contributed by atoms with van der Waals surface area (Å²) in [6.45, 7) is 4.83. The summed E-state index contributed by atoms with van der Waals surface area (Å²) in [6.07, 6.45) is 2.13. The molecule has 0 aromatic heterocycles. The van der Waals surface area contributed by atoms with Gasteiger partial charge in [-0.25, -0.2) is 0 Å². The van der Waals surface area contributed by atoms with Gasteiger partial charge in [0, 0.05) is 25.3 Å². The van der Waals surface area contributed by atoms with Crippen molar-refractivity contribution in [2.24, 2.45) is 0 Å². The van der Waals surface area contributed by atoms with E-state index >= 15 is 0 Å². The Morgan fingerprint density at radius 3 is 3.00 bits per heavy atom. The maximum atomic E-state index is 10.0. The number of nitrogens with one attached hydrogen (secondary N) is 1. The van der Waals surface area contributed by atoms with E-state index in [4.69, 9.17) is 0 Å². The Hall–Kier alpha value is -1.06. The van der Waals surface area contributed by atoms with Crippen LogP contribution < -0.4 is 10.2 Å². The number of aliphatic hydroxyl groups excluding tert-OH is 1. The molecular weight excluding hydrogens is 212 g/mol. The van der Waals surface area contributed by atoms with Gasteiger partial charge in [-0.3, -0.25) is 0 Å². The summed E-state index contributed by atoms with van der Waals surface area (Å²) >= 11 is 0. The van der Waals surface area contributed by atoms with Gasteiger partial charge < -0.3 is 15.3 Å². The number of aliphatic hydroxyl groups is 1. The Morgan fingerprint density at radius 2 is 2.24 bits per heavy atom. The van der Waals surface area contributed by atoms with Crippen molar-refractivity contribution in [3.8, 4) is 0 Å². The van der Waals surface area contributed by atoms with Crippen LogP contribution in [0.1, 0.15) is 17.5 Å². The Morgan fingerprint density at radius 1 is 1.35 bits per heavy atom. The third kappa shape index (κ3) is 1.94. The van der Waals surface area contributed by atoms with Crippen LogP contribution in [0.15, 0.2) is 18.2 Å². The molecule has 2 N–H and O–H groups in total. The third-order valence-corrected chi connectivity index (χ3v) is 3.94. The molecule has 2 aliphatic rings. The van der Waals surface area contributed by atoms with Gasteiger partial charge in [-0.05, 0) is 31.4 Å².